The minimum atomic E-state index is -0.590. The standard InChI is InChI=1S/C12H13ClN2O2/c1-3-15(4-2)10-6-9-7(5-8(10)13)11(16)12(17)14-9/h5-6H,3-4H2,1-2H3,(H,14,16,17). The van der Waals surface area contributed by atoms with E-state index in [-0.39, 0.29) is 0 Å². The summed E-state index contributed by atoms with van der Waals surface area (Å²) in [6, 6.07) is 3.32. The molecule has 1 aliphatic rings. The number of carbonyl (C=O) groups is 2. The molecule has 0 atom stereocenters. The fourth-order valence-electron chi connectivity index (χ4n) is 1.96. The molecule has 1 aromatic rings. The van der Waals surface area contributed by atoms with Crippen molar-refractivity contribution in [2.75, 3.05) is 23.3 Å². The molecule has 1 aromatic carbocycles. The fraction of sp³-hybridized carbons (Fsp3) is 0.333. The first-order valence-corrected chi connectivity index (χ1v) is 5.90. The minimum Gasteiger partial charge on any atom is -0.371 e. The largest absolute Gasteiger partial charge is 0.371 e. The molecule has 2 rings (SSSR count). The fourth-order valence-corrected chi connectivity index (χ4v) is 2.24. The number of nitrogens with one attached hydrogen (secondary N) is 1. The average molecular weight is 253 g/mol. The van der Waals surface area contributed by atoms with E-state index in [4.69, 9.17) is 11.6 Å². The van der Waals surface area contributed by atoms with Crippen LogP contribution < -0.4 is 10.2 Å². The minimum absolute atomic E-state index is 0.357. The van der Waals surface area contributed by atoms with Crippen molar-refractivity contribution in [2.24, 2.45) is 0 Å². The van der Waals surface area contributed by atoms with E-state index in [1.807, 2.05) is 13.8 Å². The second-order valence-corrected chi connectivity index (χ2v) is 4.21. The zero-order valence-corrected chi connectivity index (χ0v) is 10.5. The molecule has 5 heteroatoms. The number of ketones is 1. The molecule has 0 aromatic heterocycles. The maximum absolute atomic E-state index is 11.5. The Bertz CT molecular complexity index is 496. The highest BCUT2D eigenvalue weighted by Crippen LogP contribution is 2.34. The lowest BCUT2D eigenvalue weighted by atomic mass is 10.1. The highest BCUT2D eigenvalue weighted by Gasteiger charge is 2.29. The van der Waals surface area contributed by atoms with Crippen molar-refractivity contribution in [2.45, 2.75) is 13.8 Å². The smallest absolute Gasteiger partial charge is 0.296 e. The van der Waals surface area contributed by atoms with Gasteiger partial charge in [-0.15, -0.1) is 0 Å². The van der Waals surface area contributed by atoms with E-state index in [2.05, 4.69) is 10.2 Å². The number of nitrogens with zero attached hydrogens (tertiary/aromatic N) is 1. The normalized spacial score (nSPS) is 13.6. The van der Waals surface area contributed by atoms with Crippen LogP contribution in [0.5, 0.6) is 0 Å². The van der Waals surface area contributed by atoms with E-state index in [0.29, 0.717) is 16.3 Å². The Morgan fingerprint density at radius 2 is 1.88 bits per heavy atom. The average Bonchev–Trinajstić information content (AvgIpc) is 2.58. The Hall–Kier alpha value is -1.55. The van der Waals surface area contributed by atoms with Crippen LogP contribution in [-0.4, -0.2) is 24.8 Å². The van der Waals surface area contributed by atoms with E-state index < -0.39 is 11.7 Å². The van der Waals surface area contributed by atoms with Crippen LogP contribution in [0.25, 0.3) is 0 Å². The Morgan fingerprint density at radius 3 is 2.47 bits per heavy atom. The highest BCUT2D eigenvalue weighted by atomic mass is 35.5. The number of rotatable bonds is 3. The molecule has 0 spiro atoms. The Balaban J connectivity index is 2.50. The van der Waals surface area contributed by atoms with Crippen LogP contribution in [0, 0.1) is 0 Å². The van der Waals surface area contributed by atoms with Crippen molar-refractivity contribution in [1.29, 1.82) is 0 Å². The number of Topliss-reactive ketones (excluding diaryl/α,β-unsaturated/α-hetero) is 1. The first-order valence-electron chi connectivity index (χ1n) is 5.52. The van der Waals surface area contributed by atoms with Crippen molar-refractivity contribution >= 4 is 34.7 Å². The van der Waals surface area contributed by atoms with Gasteiger partial charge in [-0.05, 0) is 26.0 Å². The molecular formula is C12H13ClN2O2. The van der Waals surface area contributed by atoms with Crippen molar-refractivity contribution in [3.8, 4) is 0 Å². The molecule has 0 bridgehead atoms. The lowest BCUT2D eigenvalue weighted by Gasteiger charge is -2.22. The maximum Gasteiger partial charge on any atom is 0.296 e. The molecule has 0 aliphatic carbocycles. The second kappa shape index (κ2) is 4.37. The van der Waals surface area contributed by atoms with Crippen molar-refractivity contribution in [1.82, 2.24) is 0 Å². The molecule has 0 fully saturated rings. The molecule has 0 unspecified atom stereocenters. The highest BCUT2D eigenvalue weighted by molar-refractivity contribution is 6.52. The summed E-state index contributed by atoms with van der Waals surface area (Å²) in [5.41, 5.74) is 1.74. The number of fused-ring (bicyclic) bond motifs is 1. The molecule has 0 saturated carbocycles. The molecular weight excluding hydrogens is 240 g/mol. The second-order valence-electron chi connectivity index (χ2n) is 3.80. The zero-order valence-electron chi connectivity index (χ0n) is 9.71. The molecule has 0 saturated heterocycles. The van der Waals surface area contributed by atoms with Gasteiger partial charge in [0.1, 0.15) is 0 Å². The van der Waals surface area contributed by atoms with Crippen LogP contribution >= 0.6 is 11.6 Å². The summed E-state index contributed by atoms with van der Waals surface area (Å²) in [5.74, 6) is -1.11. The van der Waals surface area contributed by atoms with Gasteiger partial charge in [0.2, 0.25) is 0 Å². The van der Waals surface area contributed by atoms with E-state index in [1.54, 1.807) is 12.1 Å². The van der Waals surface area contributed by atoms with Crippen LogP contribution in [0.4, 0.5) is 11.4 Å². The van der Waals surface area contributed by atoms with E-state index >= 15 is 0 Å². The van der Waals surface area contributed by atoms with Crippen LogP contribution in [0.3, 0.4) is 0 Å². The van der Waals surface area contributed by atoms with Crippen molar-refractivity contribution < 1.29 is 9.59 Å². The maximum atomic E-state index is 11.5. The van der Waals surface area contributed by atoms with Gasteiger partial charge in [0.05, 0.1) is 22.0 Å². The number of carbonyl (C=O) groups excluding carboxylic acids is 2. The predicted molar refractivity (Wildman–Crippen MR) is 68.0 cm³/mol. The topological polar surface area (TPSA) is 49.4 Å². The van der Waals surface area contributed by atoms with Gasteiger partial charge in [0.25, 0.3) is 11.7 Å². The lowest BCUT2D eigenvalue weighted by Crippen LogP contribution is -2.22. The summed E-state index contributed by atoms with van der Waals surface area (Å²) in [6.07, 6.45) is 0. The molecule has 0 radical (unpaired) electrons. The van der Waals surface area contributed by atoms with Gasteiger partial charge in [0, 0.05) is 13.1 Å². The molecule has 1 aliphatic heterocycles. The van der Waals surface area contributed by atoms with Crippen molar-refractivity contribution in [3.63, 3.8) is 0 Å². The van der Waals surface area contributed by atoms with E-state index in [9.17, 15) is 9.59 Å². The number of benzene rings is 1. The first-order chi connectivity index (χ1) is 8.08. The van der Waals surface area contributed by atoms with Gasteiger partial charge in [-0.2, -0.15) is 0 Å². The third-order valence-electron chi connectivity index (χ3n) is 2.89. The third-order valence-corrected chi connectivity index (χ3v) is 3.19. The molecule has 1 amide bonds. The zero-order chi connectivity index (χ0) is 12.6. The SMILES string of the molecule is CCN(CC)c1cc2c(cc1Cl)C(=O)C(=O)N2. The Morgan fingerprint density at radius 1 is 1.24 bits per heavy atom. The van der Waals surface area contributed by atoms with E-state index in [0.717, 1.165) is 18.8 Å². The number of hydrogen-bond acceptors (Lipinski definition) is 3. The monoisotopic (exact) mass is 252 g/mol. The quantitative estimate of drug-likeness (QED) is 0.840. The summed E-state index contributed by atoms with van der Waals surface area (Å²) in [5, 5.41) is 3.04. The van der Waals surface area contributed by atoms with Crippen LogP contribution in [0.15, 0.2) is 12.1 Å². The van der Waals surface area contributed by atoms with Gasteiger partial charge in [-0.1, -0.05) is 11.6 Å². The summed E-state index contributed by atoms with van der Waals surface area (Å²) >= 11 is 6.14. The Labute approximate surface area is 105 Å². The summed E-state index contributed by atoms with van der Waals surface area (Å²) in [4.78, 5) is 24.8. The number of amides is 1. The lowest BCUT2D eigenvalue weighted by molar-refractivity contribution is -0.112. The molecule has 4 nitrogen and oxygen atoms in total. The van der Waals surface area contributed by atoms with Crippen LogP contribution in [-0.2, 0) is 4.79 Å². The van der Waals surface area contributed by atoms with Gasteiger partial charge >= 0.3 is 0 Å². The van der Waals surface area contributed by atoms with Crippen LogP contribution in [0.1, 0.15) is 24.2 Å². The summed E-state index contributed by atoms with van der Waals surface area (Å²) < 4.78 is 0. The number of hydrogen-bond donors (Lipinski definition) is 1. The predicted octanol–water partition coefficient (Wildman–Crippen LogP) is 2.32. The van der Waals surface area contributed by atoms with E-state index in [1.165, 1.54) is 0 Å². The first kappa shape index (κ1) is 11.9. The molecule has 1 N–H and O–H groups in total. The van der Waals surface area contributed by atoms with Gasteiger partial charge in [-0.25, -0.2) is 0 Å². The molecule has 1 heterocycles. The van der Waals surface area contributed by atoms with Gasteiger partial charge in [0.15, 0.2) is 0 Å². The van der Waals surface area contributed by atoms with Gasteiger partial charge in [-0.3, -0.25) is 9.59 Å². The number of halogens is 1. The summed E-state index contributed by atoms with van der Waals surface area (Å²) in [6.45, 7) is 5.68. The Kier molecular flexibility index (Phi) is 3.07. The molecule has 90 valence electrons. The van der Waals surface area contributed by atoms with Crippen molar-refractivity contribution in [3.05, 3.63) is 22.7 Å². The molecule has 17 heavy (non-hydrogen) atoms. The number of anilines is 2. The van der Waals surface area contributed by atoms with Crippen LogP contribution in [0.2, 0.25) is 5.02 Å². The summed E-state index contributed by atoms with van der Waals surface area (Å²) in [7, 11) is 0. The van der Waals surface area contributed by atoms with Gasteiger partial charge < -0.3 is 10.2 Å². The third kappa shape index (κ3) is 1.89.